The normalized spacial score (nSPS) is 12.2. The van der Waals surface area contributed by atoms with E-state index < -0.39 is 0 Å². The molecule has 0 bridgehead atoms. The first-order chi connectivity index (χ1) is 9.72. The molecule has 1 N–H and O–H groups in total. The summed E-state index contributed by atoms with van der Waals surface area (Å²) in [5.74, 6) is 2.05. The molecule has 1 aliphatic rings. The van der Waals surface area contributed by atoms with Crippen molar-refractivity contribution in [2.75, 3.05) is 19.2 Å². The van der Waals surface area contributed by atoms with E-state index >= 15 is 0 Å². The number of carbonyl (C=O) groups excluding carboxylic acids is 1. The zero-order chi connectivity index (χ0) is 13.9. The molecule has 1 aromatic carbocycles. The summed E-state index contributed by atoms with van der Waals surface area (Å²) in [7, 11) is 1.70. The average Bonchev–Trinajstić information content (AvgIpc) is 3.08. The third kappa shape index (κ3) is 2.54. The smallest absolute Gasteiger partial charge is 0.321 e. The number of anilines is 1. The van der Waals surface area contributed by atoms with Gasteiger partial charge in [0.2, 0.25) is 6.79 Å². The molecular weight excluding hydrogens is 260 g/mol. The summed E-state index contributed by atoms with van der Waals surface area (Å²) in [4.78, 5) is 13.6. The Kier molecular flexibility index (Phi) is 3.20. The van der Waals surface area contributed by atoms with Gasteiger partial charge in [0.25, 0.3) is 0 Å². The van der Waals surface area contributed by atoms with E-state index in [1.807, 2.05) is 6.07 Å². The van der Waals surface area contributed by atoms with Gasteiger partial charge < -0.3 is 24.1 Å². The largest absolute Gasteiger partial charge is 0.467 e. The van der Waals surface area contributed by atoms with Gasteiger partial charge in [-0.2, -0.15) is 0 Å². The number of hydrogen-bond acceptors (Lipinski definition) is 4. The number of nitrogens with zero attached hydrogens (tertiary/aromatic N) is 1. The van der Waals surface area contributed by atoms with E-state index in [1.54, 1.807) is 37.6 Å². The monoisotopic (exact) mass is 274 g/mol. The molecule has 1 aliphatic heterocycles. The minimum atomic E-state index is -0.222. The van der Waals surface area contributed by atoms with Crippen LogP contribution in [0.25, 0.3) is 0 Å². The van der Waals surface area contributed by atoms with Crippen LogP contribution in [0.15, 0.2) is 41.0 Å². The van der Waals surface area contributed by atoms with Crippen molar-refractivity contribution in [2.24, 2.45) is 0 Å². The van der Waals surface area contributed by atoms with Crippen molar-refractivity contribution < 1.29 is 18.7 Å². The highest BCUT2D eigenvalue weighted by atomic mass is 16.7. The van der Waals surface area contributed by atoms with Crippen molar-refractivity contribution in [2.45, 2.75) is 6.54 Å². The fraction of sp³-hybridized carbons (Fsp3) is 0.214. The lowest BCUT2D eigenvalue weighted by Gasteiger charge is -2.16. The van der Waals surface area contributed by atoms with Gasteiger partial charge in [-0.15, -0.1) is 0 Å². The molecule has 104 valence electrons. The molecule has 3 rings (SSSR count). The first-order valence-corrected chi connectivity index (χ1v) is 6.16. The Morgan fingerprint density at radius 3 is 2.95 bits per heavy atom. The van der Waals surface area contributed by atoms with Crippen molar-refractivity contribution in [1.29, 1.82) is 0 Å². The molecule has 0 spiro atoms. The van der Waals surface area contributed by atoms with Crippen LogP contribution in [0.4, 0.5) is 10.5 Å². The van der Waals surface area contributed by atoms with Crippen LogP contribution in [0.3, 0.4) is 0 Å². The van der Waals surface area contributed by atoms with Gasteiger partial charge in [0.15, 0.2) is 11.5 Å². The lowest BCUT2D eigenvalue weighted by Crippen LogP contribution is -2.30. The van der Waals surface area contributed by atoms with Crippen molar-refractivity contribution in [3.05, 3.63) is 42.4 Å². The minimum Gasteiger partial charge on any atom is -0.467 e. The Morgan fingerprint density at radius 2 is 2.15 bits per heavy atom. The fourth-order valence-electron chi connectivity index (χ4n) is 1.90. The Balaban J connectivity index is 1.63. The third-order valence-electron chi connectivity index (χ3n) is 2.94. The van der Waals surface area contributed by atoms with Crippen LogP contribution in [-0.2, 0) is 6.54 Å². The topological polar surface area (TPSA) is 63.9 Å². The second-order valence-corrected chi connectivity index (χ2v) is 4.43. The Bertz CT molecular complexity index is 610. The predicted octanol–water partition coefficient (Wildman–Crippen LogP) is 2.67. The lowest BCUT2D eigenvalue weighted by molar-refractivity contribution is 0.174. The molecule has 2 amide bonds. The SMILES string of the molecule is CN(Cc1ccco1)C(=O)Nc1ccc2c(c1)OCO2. The van der Waals surface area contributed by atoms with Crippen molar-refractivity contribution in [3.8, 4) is 11.5 Å². The standard InChI is InChI=1S/C14H14N2O4/c1-16(8-11-3-2-6-18-11)14(17)15-10-4-5-12-13(7-10)20-9-19-12/h2-7H,8-9H2,1H3,(H,15,17). The number of ether oxygens (including phenoxy) is 2. The molecule has 2 heterocycles. The van der Waals surface area contributed by atoms with Gasteiger partial charge in [-0.1, -0.05) is 0 Å². The molecule has 0 saturated carbocycles. The third-order valence-corrected chi connectivity index (χ3v) is 2.94. The van der Waals surface area contributed by atoms with Gasteiger partial charge >= 0.3 is 6.03 Å². The number of urea groups is 1. The number of rotatable bonds is 3. The summed E-state index contributed by atoms with van der Waals surface area (Å²) < 4.78 is 15.7. The number of fused-ring (bicyclic) bond motifs is 1. The molecule has 20 heavy (non-hydrogen) atoms. The lowest BCUT2D eigenvalue weighted by atomic mass is 10.3. The Hall–Kier alpha value is -2.63. The fourth-order valence-corrected chi connectivity index (χ4v) is 1.90. The van der Waals surface area contributed by atoms with Crippen LogP contribution >= 0.6 is 0 Å². The molecule has 6 nitrogen and oxygen atoms in total. The second-order valence-electron chi connectivity index (χ2n) is 4.43. The van der Waals surface area contributed by atoms with Gasteiger partial charge in [0.05, 0.1) is 12.8 Å². The van der Waals surface area contributed by atoms with E-state index in [-0.39, 0.29) is 12.8 Å². The number of amides is 2. The molecule has 2 aromatic rings. The zero-order valence-electron chi connectivity index (χ0n) is 11.0. The van der Waals surface area contributed by atoms with E-state index in [9.17, 15) is 4.79 Å². The minimum absolute atomic E-state index is 0.213. The molecule has 0 atom stereocenters. The van der Waals surface area contributed by atoms with Crippen LogP contribution in [0.5, 0.6) is 11.5 Å². The molecule has 1 aromatic heterocycles. The molecule has 0 radical (unpaired) electrons. The van der Waals surface area contributed by atoms with Gasteiger partial charge in [-0.05, 0) is 24.3 Å². The highest BCUT2D eigenvalue weighted by Crippen LogP contribution is 2.34. The zero-order valence-corrected chi connectivity index (χ0v) is 11.0. The molecule has 0 aliphatic carbocycles. The van der Waals surface area contributed by atoms with Gasteiger partial charge in [0, 0.05) is 18.8 Å². The summed E-state index contributed by atoms with van der Waals surface area (Å²) in [5.41, 5.74) is 0.658. The summed E-state index contributed by atoms with van der Waals surface area (Å²) in [6.45, 7) is 0.620. The highest BCUT2D eigenvalue weighted by Gasteiger charge is 2.15. The number of hydrogen-bond donors (Lipinski definition) is 1. The van der Waals surface area contributed by atoms with Crippen LogP contribution in [-0.4, -0.2) is 24.8 Å². The molecule has 0 unspecified atom stereocenters. The molecule has 0 fully saturated rings. The molecule has 0 saturated heterocycles. The summed E-state index contributed by atoms with van der Waals surface area (Å²) in [6.07, 6.45) is 1.58. The number of benzene rings is 1. The maximum absolute atomic E-state index is 12.0. The van der Waals surface area contributed by atoms with Crippen molar-refractivity contribution >= 4 is 11.7 Å². The van der Waals surface area contributed by atoms with Crippen molar-refractivity contribution in [3.63, 3.8) is 0 Å². The number of carbonyl (C=O) groups is 1. The molecule has 6 heteroatoms. The van der Waals surface area contributed by atoms with E-state index in [4.69, 9.17) is 13.9 Å². The summed E-state index contributed by atoms with van der Waals surface area (Å²) in [6, 6.07) is 8.67. The first kappa shape index (κ1) is 12.4. The van der Waals surface area contributed by atoms with E-state index in [2.05, 4.69) is 5.32 Å². The quantitative estimate of drug-likeness (QED) is 0.934. The Labute approximate surface area is 115 Å². The summed E-state index contributed by atoms with van der Waals surface area (Å²) in [5, 5.41) is 2.79. The van der Waals surface area contributed by atoms with E-state index in [0.717, 1.165) is 5.76 Å². The van der Waals surface area contributed by atoms with E-state index in [1.165, 1.54) is 4.90 Å². The predicted molar refractivity (Wildman–Crippen MR) is 71.8 cm³/mol. The van der Waals surface area contributed by atoms with Crippen LogP contribution in [0.1, 0.15) is 5.76 Å². The molecular formula is C14H14N2O4. The second kappa shape index (κ2) is 5.16. The van der Waals surface area contributed by atoms with Gasteiger partial charge in [0.1, 0.15) is 5.76 Å². The van der Waals surface area contributed by atoms with Crippen molar-refractivity contribution in [1.82, 2.24) is 4.90 Å². The summed E-state index contributed by atoms with van der Waals surface area (Å²) >= 11 is 0. The highest BCUT2D eigenvalue weighted by molar-refractivity contribution is 5.89. The maximum atomic E-state index is 12.0. The van der Waals surface area contributed by atoms with Crippen LogP contribution in [0, 0.1) is 0 Å². The van der Waals surface area contributed by atoms with Gasteiger partial charge in [-0.3, -0.25) is 0 Å². The first-order valence-electron chi connectivity index (χ1n) is 6.16. The van der Waals surface area contributed by atoms with Gasteiger partial charge in [-0.25, -0.2) is 4.79 Å². The Morgan fingerprint density at radius 1 is 1.30 bits per heavy atom. The maximum Gasteiger partial charge on any atom is 0.321 e. The average molecular weight is 274 g/mol. The van der Waals surface area contributed by atoms with E-state index in [0.29, 0.717) is 23.7 Å². The number of furan rings is 1. The number of nitrogens with one attached hydrogen (secondary N) is 1. The van der Waals surface area contributed by atoms with Crippen LogP contribution < -0.4 is 14.8 Å². The van der Waals surface area contributed by atoms with Crippen LogP contribution in [0.2, 0.25) is 0 Å².